The molecule has 3 atom stereocenters. The second kappa shape index (κ2) is 6.79. The summed E-state index contributed by atoms with van der Waals surface area (Å²) >= 11 is 0. The van der Waals surface area contributed by atoms with Crippen LogP contribution in [0.4, 0.5) is 5.69 Å². The summed E-state index contributed by atoms with van der Waals surface area (Å²) in [5.41, 5.74) is 2.33. The van der Waals surface area contributed by atoms with Crippen molar-refractivity contribution in [1.82, 2.24) is 4.90 Å². The van der Waals surface area contributed by atoms with Gasteiger partial charge >= 0.3 is 5.97 Å². The Labute approximate surface area is 137 Å². The third kappa shape index (κ3) is 3.78. The molecule has 23 heavy (non-hydrogen) atoms. The molecule has 0 spiro atoms. The summed E-state index contributed by atoms with van der Waals surface area (Å²) < 4.78 is 5.81. The molecule has 0 saturated carbocycles. The van der Waals surface area contributed by atoms with Crippen LogP contribution in [-0.2, 0) is 11.2 Å². The zero-order valence-electron chi connectivity index (χ0n) is 13.9. The predicted octanol–water partition coefficient (Wildman–Crippen LogP) is 2.61. The molecule has 3 rings (SSSR count). The van der Waals surface area contributed by atoms with Gasteiger partial charge in [-0.05, 0) is 57.4 Å². The zero-order chi connectivity index (χ0) is 16.4. The van der Waals surface area contributed by atoms with Gasteiger partial charge in [-0.3, -0.25) is 9.69 Å². The number of piperidine rings is 1. The Morgan fingerprint density at radius 3 is 3.13 bits per heavy atom. The Hall–Kier alpha value is -1.75. The SMILES string of the molecule is CC1CNc2cc(CC(C)N3CCCC(C(=O)O)C3)ccc2O1. The van der Waals surface area contributed by atoms with Gasteiger partial charge in [-0.25, -0.2) is 0 Å². The van der Waals surface area contributed by atoms with E-state index in [0.29, 0.717) is 12.6 Å². The minimum Gasteiger partial charge on any atom is -0.487 e. The molecule has 2 N–H and O–H groups in total. The van der Waals surface area contributed by atoms with E-state index >= 15 is 0 Å². The van der Waals surface area contributed by atoms with Gasteiger partial charge in [0.05, 0.1) is 18.2 Å². The van der Waals surface area contributed by atoms with Gasteiger partial charge in [-0.15, -0.1) is 0 Å². The summed E-state index contributed by atoms with van der Waals surface area (Å²) in [7, 11) is 0. The maximum absolute atomic E-state index is 11.2. The van der Waals surface area contributed by atoms with Gasteiger partial charge in [0.25, 0.3) is 0 Å². The third-order valence-corrected chi connectivity index (χ3v) is 4.91. The highest BCUT2D eigenvalue weighted by molar-refractivity contribution is 5.70. The van der Waals surface area contributed by atoms with Gasteiger partial charge in [0, 0.05) is 12.6 Å². The maximum atomic E-state index is 11.2. The number of anilines is 1. The molecule has 2 heterocycles. The third-order valence-electron chi connectivity index (χ3n) is 4.91. The number of carboxylic acids is 1. The lowest BCUT2D eigenvalue weighted by Gasteiger charge is -2.35. The van der Waals surface area contributed by atoms with E-state index in [0.717, 1.165) is 43.8 Å². The smallest absolute Gasteiger partial charge is 0.307 e. The summed E-state index contributed by atoms with van der Waals surface area (Å²) in [4.78, 5) is 13.5. The molecule has 1 saturated heterocycles. The van der Waals surface area contributed by atoms with Crippen molar-refractivity contribution in [3.63, 3.8) is 0 Å². The molecule has 2 aliphatic heterocycles. The van der Waals surface area contributed by atoms with Crippen LogP contribution in [0.3, 0.4) is 0 Å². The van der Waals surface area contributed by atoms with Gasteiger partial charge in [-0.1, -0.05) is 6.07 Å². The molecule has 1 aromatic rings. The topological polar surface area (TPSA) is 61.8 Å². The fraction of sp³-hybridized carbons (Fsp3) is 0.611. The summed E-state index contributed by atoms with van der Waals surface area (Å²) in [5, 5.41) is 12.6. The minimum absolute atomic E-state index is 0.202. The number of carboxylic acid groups (broad SMARTS) is 1. The number of carbonyl (C=O) groups is 1. The Balaban J connectivity index is 1.63. The number of nitrogens with one attached hydrogen (secondary N) is 1. The first-order chi connectivity index (χ1) is 11.0. The Morgan fingerprint density at radius 1 is 1.52 bits per heavy atom. The zero-order valence-corrected chi connectivity index (χ0v) is 13.9. The standard InChI is InChI=1S/C18H26N2O3/c1-12(20-7-3-4-15(11-20)18(21)22)8-14-5-6-17-16(9-14)19-10-13(2)23-17/h5-6,9,12-13,15,19H,3-4,7-8,10-11H2,1-2H3,(H,21,22). The largest absolute Gasteiger partial charge is 0.487 e. The van der Waals surface area contributed by atoms with Crippen LogP contribution in [-0.4, -0.2) is 47.8 Å². The molecule has 0 aromatic heterocycles. The van der Waals surface area contributed by atoms with Crippen LogP contribution >= 0.6 is 0 Å². The van der Waals surface area contributed by atoms with Gasteiger partial charge in [0.1, 0.15) is 11.9 Å². The van der Waals surface area contributed by atoms with Gasteiger partial charge in [0.15, 0.2) is 0 Å². The highest BCUT2D eigenvalue weighted by Crippen LogP contribution is 2.30. The number of hydrogen-bond acceptors (Lipinski definition) is 4. The highest BCUT2D eigenvalue weighted by Gasteiger charge is 2.28. The van der Waals surface area contributed by atoms with E-state index < -0.39 is 5.97 Å². The second-order valence-electron chi connectivity index (χ2n) is 6.87. The van der Waals surface area contributed by atoms with Crippen molar-refractivity contribution in [3.05, 3.63) is 23.8 Å². The van der Waals surface area contributed by atoms with Crippen molar-refractivity contribution < 1.29 is 14.6 Å². The number of benzene rings is 1. The summed E-state index contributed by atoms with van der Waals surface area (Å²) in [6.07, 6.45) is 2.90. The molecule has 0 radical (unpaired) electrons. The first kappa shape index (κ1) is 16.1. The number of ether oxygens (including phenoxy) is 1. The van der Waals surface area contributed by atoms with E-state index in [1.807, 2.05) is 6.07 Å². The van der Waals surface area contributed by atoms with Gasteiger partial charge in [-0.2, -0.15) is 0 Å². The summed E-state index contributed by atoms with van der Waals surface area (Å²) in [6.45, 7) is 6.74. The van der Waals surface area contributed by atoms with Crippen LogP contribution in [0.5, 0.6) is 5.75 Å². The molecule has 1 fully saturated rings. The Morgan fingerprint density at radius 2 is 2.35 bits per heavy atom. The van der Waals surface area contributed by atoms with Crippen molar-refractivity contribution in [2.24, 2.45) is 5.92 Å². The molecule has 2 aliphatic rings. The average molecular weight is 318 g/mol. The molecule has 5 heteroatoms. The van der Waals surface area contributed by atoms with Crippen molar-refractivity contribution in [2.45, 2.75) is 45.3 Å². The predicted molar refractivity (Wildman–Crippen MR) is 90.1 cm³/mol. The summed E-state index contributed by atoms with van der Waals surface area (Å²) in [5.74, 6) is 0.0431. The van der Waals surface area contributed by atoms with Crippen LogP contribution in [0.25, 0.3) is 0 Å². The fourth-order valence-corrected chi connectivity index (χ4v) is 3.54. The molecule has 5 nitrogen and oxygen atoms in total. The molecular formula is C18H26N2O3. The lowest BCUT2D eigenvalue weighted by atomic mass is 9.95. The fourth-order valence-electron chi connectivity index (χ4n) is 3.54. The molecule has 0 amide bonds. The van der Waals surface area contributed by atoms with Crippen molar-refractivity contribution in [1.29, 1.82) is 0 Å². The van der Waals surface area contributed by atoms with E-state index in [1.165, 1.54) is 5.56 Å². The van der Waals surface area contributed by atoms with E-state index in [1.54, 1.807) is 0 Å². The number of fused-ring (bicyclic) bond motifs is 1. The lowest BCUT2D eigenvalue weighted by Crippen LogP contribution is -2.44. The second-order valence-corrected chi connectivity index (χ2v) is 6.87. The van der Waals surface area contributed by atoms with E-state index in [4.69, 9.17) is 4.74 Å². The van der Waals surface area contributed by atoms with E-state index in [9.17, 15) is 9.90 Å². The molecular weight excluding hydrogens is 292 g/mol. The van der Waals surface area contributed by atoms with E-state index in [2.05, 4.69) is 36.2 Å². The average Bonchev–Trinajstić information content (AvgIpc) is 2.55. The number of aliphatic carboxylic acids is 1. The van der Waals surface area contributed by atoms with Crippen LogP contribution in [0.2, 0.25) is 0 Å². The summed E-state index contributed by atoms with van der Waals surface area (Å²) in [6, 6.07) is 6.67. The first-order valence-electron chi connectivity index (χ1n) is 8.53. The number of nitrogens with zero attached hydrogens (tertiary/aromatic N) is 1. The molecule has 1 aromatic carbocycles. The lowest BCUT2D eigenvalue weighted by molar-refractivity contribution is -0.143. The number of rotatable bonds is 4. The highest BCUT2D eigenvalue weighted by atomic mass is 16.5. The van der Waals surface area contributed by atoms with Crippen LogP contribution in [0.1, 0.15) is 32.3 Å². The Kier molecular flexibility index (Phi) is 4.76. The first-order valence-corrected chi connectivity index (χ1v) is 8.53. The molecule has 126 valence electrons. The van der Waals surface area contributed by atoms with Gasteiger partial charge in [0.2, 0.25) is 0 Å². The molecule has 0 bridgehead atoms. The molecule has 0 aliphatic carbocycles. The van der Waals surface area contributed by atoms with Crippen molar-refractivity contribution in [3.8, 4) is 5.75 Å². The van der Waals surface area contributed by atoms with Crippen molar-refractivity contribution >= 4 is 11.7 Å². The van der Waals surface area contributed by atoms with Crippen molar-refractivity contribution in [2.75, 3.05) is 25.0 Å². The van der Waals surface area contributed by atoms with Crippen LogP contribution in [0.15, 0.2) is 18.2 Å². The Bertz CT molecular complexity index is 575. The van der Waals surface area contributed by atoms with E-state index in [-0.39, 0.29) is 12.0 Å². The quantitative estimate of drug-likeness (QED) is 0.893. The number of likely N-dealkylation sites (tertiary alicyclic amines) is 1. The normalized spacial score (nSPS) is 25.8. The van der Waals surface area contributed by atoms with Crippen LogP contribution < -0.4 is 10.1 Å². The number of hydrogen-bond donors (Lipinski definition) is 2. The van der Waals surface area contributed by atoms with Gasteiger partial charge < -0.3 is 15.2 Å². The molecule has 3 unspecified atom stereocenters. The maximum Gasteiger partial charge on any atom is 0.307 e. The minimum atomic E-state index is -0.661. The monoisotopic (exact) mass is 318 g/mol. The van der Waals surface area contributed by atoms with Crippen LogP contribution in [0, 0.1) is 5.92 Å².